The second-order valence-electron chi connectivity index (χ2n) is 7.79. The van der Waals surface area contributed by atoms with Crippen LogP contribution >= 0.6 is 11.6 Å². The van der Waals surface area contributed by atoms with Gasteiger partial charge in [0.1, 0.15) is 11.8 Å². The molecule has 0 bridgehead atoms. The molecule has 7 nitrogen and oxygen atoms in total. The molecule has 1 aliphatic rings. The lowest BCUT2D eigenvalue weighted by Crippen LogP contribution is -2.15. The van der Waals surface area contributed by atoms with Crippen LogP contribution in [0.15, 0.2) is 49.2 Å². The molecule has 1 aromatic carbocycles. The van der Waals surface area contributed by atoms with Gasteiger partial charge in [-0.2, -0.15) is 5.10 Å². The third-order valence-electron chi connectivity index (χ3n) is 5.72. The Labute approximate surface area is 184 Å². The summed E-state index contributed by atoms with van der Waals surface area (Å²) in [4.78, 5) is 19.3. The first-order valence-corrected chi connectivity index (χ1v) is 10.3. The van der Waals surface area contributed by atoms with Crippen molar-refractivity contribution in [3.63, 3.8) is 0 Å². The predicted octanol–water partition coefficient (Wildman–Crippen LogP) is 4.96. The Morgan fingerprint density at radius 1 is 1.22 bits per heavy atom. The summed E-state index contributed by atoms with van der Waals surface area (Å²) in [7, 11) is 0. The molecule has 10 heteroatoms. The Kier molecular flexibility index (Phi) is 4.09. The molecule has 1 amide bonds. The van der Waals surface area contributed by atoms with E-state index in [4.69, 9.17) is 11.6 Å². The summed E-state index contributed by atoms with van der Waals surface area (Å²) in [5.74, 6) is -1.22. The molecule has 2 atom stereocenters. The van der Waals surface area contributed by atoms with E-state index in [-0.39, 0.29) is 17.4 Å². The normalized spacial score (nSPS) is 17.8. The van der Waals surface area contributed by atoms with E-state index in [2.05, 4.69) is 25.5 Å². The Bertz CT molecular complexity index is 1510. The Morgan fingerprint density at radius 2 is 2.06 bits per heavy atom. The zero-order chi connectivity index (χ0) is 22.0. The van der Waals surface area contributed by atoms with Crippen LogP contribution in [-0.2, 0) is 4.79 Å². The number of alkyl halides is 1. The number of H-pyrrole nitrogens is 2. The van der Waals surface area contributed by atoms with Crippen LogP contribution in [0, 0.1) is 11.7 Å². The molecular formula is C22H15ClF2N6O. The maximum Gasteiger partial charge on any atom is 0.231 e. The van der Waals surface area contributed by atoms with Gasteiger partial charge in [0.05, 0.1) is 28.9 Å². The number of nitrogens with one attached hydrogen (secondary N) is 3. The minimum Gasteiger partial charge on any atom is -0.367 e. The lowest BCUT2D eigenvalue weighted by molar-refractivity contribution is -0.117. The number of benzene rings is 1. The SMILES string of the molecule is O=C(Nc1cn2cc(-c3c(Cl)c(F)c(-c4cc[nH]c4)c4[nH]ncc34)ccc2n1)[C@@H]1C[C@@H]1F. The van der Waals surface area contributed by atoms with E-state index in [1.807, 2.05) is 0 Å². The molecule has 0 spiro atoms. The van der Waals surface area contributed by atoms with Crippen LogP contribution in [0.2, 0.25) is 5.02 Å². The van der Waals surface area contributed by atoms with E-state index in [9.17, 15) is 9.18 Å². The topological polar surface area (TPSA) is 90.9 Å². The van der Waals surface area contributed by atoms with Crippen LogP contribution in [-0.4, -0.2) is 36.6 Å². The van der Waals surface area contributed by atoms with Crippen LogP contribution in [0.1, 0.15) is 6.42 Å². The van der Waals surface area contributed by atoms with Crippen molar-refractivity contribution in [2.45, 2.75) is 12.6 Å². The fourth-order valence-electron chi connectivity index (χ4n) is 4.00. The summed E-state index contributed by atoms with van der Waals surface area (Å²) in [6.07, 6.45) is 7.54. The molecule has 160 valence electrons. The van der Waals surface area contributed by atoms with Gasteiger partial charge < -0.3 is 14.7 Å². The average Bonchev–Trinajstić information content (AvgIpc) is 3.21. The number of hydrogen-bond acceptors (Lipinski definition) is 3. The smallest absolute Gasteiger partial charge is 0.231 e. The van der Waals surface area contributed by atoms with Crippen LogP contribution in [0.3, 0.4) is 0 Å². The van der Waals surface area contributed by atoms with Gasteiger partial charge in [-0.1, -0.05) is 11.6 Å². The zero-order valence-electron chi connectivity index (χ0n) is 16.4. The number of pyridine rings is 1. The van der Waals surface area contributed by atoms with E-state index in [0.717, 1.165) is 0 Å². The third kappa shape index (κ3) is 2.89. The molecule has 3 N–H and O–H groups in total. The van der Waals surface area contributed by atoms with Gasteiger partial charge >= 0.3 is 0 Å². The number of rotatable bonds is 4. The van der Waals surface area contributed by atoms with Crippen molar-refractivity contribution >= 4 is 39.9 Å². The molecule has 1 aliphatic carbocycles. The average molecular weight is 453 g/mol. The summed E-state index contributed by atoms with van der Waals surface area (Å²) < 4.78 is 30.2. The van der Waals surface area contributed by atoms with Gasteiger partial charge in [0.2, 0.25) is 5.91 Å². The number of anilines is 1. The number of carbonyl (C=O) groups is 1. The molecule has 1 saturated carbocycles. The van der Waals surface area contributed by atoms with Gasteiger partial charge in [-0.25, -0.2) is 13.8 Å². The quantitative estimate of drug-likeness (QED) is 0.360. The van der Waals surface area contributed by atoms with Gasteiger partial charge in [0.15, 0.2) is 11.6 Å². The molecule has 5 aromatic rings. The molecule has 6 rings (SSSR count). The van der Waals surface area contributed by atoms with Crippen LogP contribution in [0.5, 0.6) is 0 Å². The summed E-state index contributed by atoms with van der Waals surface area (Å²) >= 11 is 6.52. The first kappa shape index (κ1) is 19.0. The van der Waals surface area contributed by atoms with Gasteiger partial charge in [0, 0.05) is 46.2 Å². The van der Waals surface area contributed by atoms with Crippen LogP contribution in [0.25, 0.3) is 38.8 Å². The maximum atomic E-state index is 15.4. The fourth-order valence-corrected chi connectivity index (χ4v) is 4.31. The van der Waals surface area contributed by atoms with Crippen molar-refractivity contribution in [2.24, 2.45) is 5.92 Å². The number of hydrogen-bond donors (Lipinski definition) is 3. The summed E-state index contributed by atoms with van der Waals surface area (Å²) in [5, 5.41) is 10.3. The second-order valence-corrected chi connectivity index (χ2v) is 8.17. The highest BCUT2D eigenvalue weighted by Crippen LogP contribution is 2.42. The van der Waals surface area contributed by atoms with Crippen molar-refractivity contribution in [1.82, 2.24) is 24.6 Å². The molecule has 0 unspecified atom stereocenters. The standard InChI is InChI=1S/C22H15ClF2N6O/c23-19-17(13-7-27-30-21(13)18(20(19)25)10-3-4-26-6-10)11-1-2-16-28-15(9-31(16)8-11)29-22(32)12-5-14(12)24/h1-4,6-9,12,14,26H,5H2,(H,27,30)(H,29,32)/t12-,14+/m1/s1. The number of aromatic nitrogens is 5. The van der Waals surface area contributed by atoms with Gasteiger partial charge in [-0.05, 0) is 24.6 Å². The molecule has 4 aromatic heterocycles. The van der Waals surface area contributed by atoms with Crippen molar-refractivity contribution < 1.29 is 13.6 Å². The van der Waals surface area contributed by atoms with Crippen molar-refractivity contribution in [1.29, 1.82) is 0 Å². The van der Waals surface area contributed by atoms with Gasteiger partial charge in [-0.15, -0.1) is 0 Å². The third-order valence-corrected chi connectivity index (χ3v) is 6.07. The highest BCUT2D eigenvalue weighted by atomic mass is 35.5. The van der Waals surface area contributed by atoms with Gasteiger partial charge in [0.25, 0.3) is 0 Å². The van der Waals surface area contributed by atoms with Crippen molar-refractivity contribution in [2.75, 3.05) is 5.32 Å². The number of aromatic amines is 2. The summed E-state index contributed by atoms with van der Waals surface area (Å²) in [6, 6.07) is 5.27. The van der Waals surface area contributed by atoms with Crippen molar-refractivity contribution in [3.8, 4) is 22.3 Å². The lowest BCUT2D eigenvalue weighted by atomic mass is 9.97. The van der Waals surface area contributed by atoms with Crippen LogP contribution in [0.4, 0.5) is 14.6 Å². The molecule has 32 heavy (non-hydrogen) atoms. The zero-order valence-corrected chi connectivity index (χ0v) is 17.1. The minimum absolute atomic E-state index is 0.0224. The molecular weight excluding hydrogens is 438 g/mol. The number of amides is 1. The first-order chi connectivity index (χ1) is 15.5. The van der Waals surface area contributed by atoms with Crippen LogP contribution < -0.4 is 5.32 Å². The molecule has 0 radical (unpaired) electrons. The van der Waals surface area contributed by atoms with Gasteiger partial charge in [-0.3, -0.25) is 9.89 Å². The lowest BCUT2D eigenvalue weighted by Gasteiger charge is -2.12. The maximum absolute atomic E-state index is 15.4. The minimum atomic E-state index is -1.08. The fraction of sp³-hybridized carbons (Fsp3) is 0.136. The van der Waals surface area contributed by atoms with E-state index >= 15 is 4.39 Å². The Balaban J connectivity index is 1.45. The monoisotopic (exact) mass is 452 g/mol. The molecule has 0 aliphatic heterocycles. The number of fused-ring (bicyclic) bond motifs is 2. The summed E-state index contributed by atoms with van der Waals surface area (Å²) in [6.45, 7) is 0. The highest BCUT2D eigenvalue weighted by molar-refractivity contribution is 6.36. The van der Waals surface area contributed by atoms with E-state index < -0.39 is 17.9 Å². The largest absolute Gasteiger partial charge is 0.367 e. The number of halogens is 3. The molecule has 1 fully saturated rings. The summed E-state index contributed by atoms with van der Waals surface area (Å²) in [5.41, 5.74) is 3.24. The second kappa shape index (κ2) is 6.89. The first-order valence-electron chi connectivity index (χ1n) is 9.92. The number of nitrogens with zero attached hydrogens (tertiary/aromatic N) is 3. The van der Waals surface area contributed by atoms with E-state index in [1.165, 1.54) is 0 Å². The molecule has 4 heterocycles. The van der Waals surface area contributed by atoms with E-state index in [1.54, 1.807) is 53.6 Å². The van der Waals surface area contributed by atoms with Crippen molar-refractivity contribution in [3.05, 3.63) is 60.0 Å². The number of carbonyl (C=O) groups excluding carboxylic acids is 1. The molecule has 0 saturated heterocycles. The predicted molar refractivity (Wildman–Crippen MR) is 117 cm³/mol. The van der Waals surface area contributed by atoms with E-state index in [0.29, 0.717) is 44.6 Å². The highest BCUT2D eigenvalue weighted by Gasteiger charge is 2.43. The Morgan fingerprint density at radius 3 is 2.81 bits per heavy atom. The Hall–Kier alpha value is -3.72. The number of imidazole rings is 1.